The van der Waals surface area contributed by atoms with Crippen molar-refractivity contribution in [3.63, 3.8) is 0 Å². The second kappa shape index (κ2) is 48.1. The van der Waals surface area contributed by atoms with Gasteiger partial charge < -0.3 is 35.6 Å². The molecule has 80 heavy (non-hydrogen) atoms. The zero-order valence-corrected chi connectivity index (χ0v) is 50.7. The van der Waals surface area contributed by atoms with Crippen LogP contribution in [0.1, 0.15) is 259 Å². The zero-order valence-electron chi connectivity index (χ0n) is 49.8. The Morgan fingerprint density at radius 2 is 0.988 bits per heavy atom. The number of nitrogens with one attached hydrogen (secondary N) is 4. The van der Waals surface area contributed by atoms with Crippen molar-refractivity contribution in [3.8, 4) is 0 Å². The number of esters is 2. The minimum atomic E-state index is -4.71. The number of anilines is 1. The lowest BCUT2D eigenvalue weighted by Crippen LogP contribution is -2.53. The average Bonchev–Trinajstić information content (AvgIpc) is 3.42. The van der Waals surface area contributed by atoms with Gasteiger partial charge in [0.2, 0.25) is 23.6 Å². The van der Waals surface area contributed by atoms with Crippen molar-refractivity contribution in [1.82, 2.24) is 16.0 Å². The van der Waals surface area contributed by atoms with Gasteiger partial charge in [0, 0.05) is 50.0 Å². The molecule has 0 aromatic heterocycles. The molecule has 0 aliphatic heterocycles. The summed E-state index contributed by atoms with van der Waals surface area (Å²) in [6.07, 6.45) is 35.1. The van der Waals surface area contributed by atoms with E-state index in [1.807, 2.05) is 0 Å². The molecule has 0 spiro atoms. The molecule has 460 valence electrons. The molecule has 1 aromatic carbocycles. The summed E-state index contributed by atoms with van der Waals surface area (Å²) >= 11 is 0. The largest absolute Gasteiger partial charge is 0.472 e. The summed E-state index contributed by atoms with van der Waals surface area (Å²) in [6, 6.07) is 3.20. The number of nitro benzene ring substituents is 1. The number of hydrogen-bond acceptors (Lipinski definition) is 13. The molecule has 1 aromatic rings. The number of carbonyl (C=O) groups is 6. The van der Waals surface area contributed by atoms with Crippen LogP contribution in [-0.4, -0.2) is 89.9 Å². The fraction of sp³-hybridized carbons (Fsp3) is 0.800. The van der Waals surface area contributed by atoms with Gasteiger partial charge in [-0.15, -0.1) is 0 Å². The maximum absolute atomic E-state index is 13.1. The predicted molar refractivity (Wildman–Crippen MR) is 315 cm³/mol. The van der Waals surface area contributed by atoms with E-state index < -0.39 is 79.7 Å². The van der Waals surface area contributed by atoms with Gasteiger partial charge in [0.05, 0.1) is 18.1 Å². The Labute approximate surface area is 480 Å². The van der Waals surface area contributed by atoms with E-state index in [0.29, 0.717) is 18.5 Å². The Bertz CT molecular complexity index is 1890. The van der Waals surface area contributed by atoms with Crippen LogP contribution in [0.2, 0.25) is 0 Å². The summed E-state index contributed by atoms with van der Waals surface area (Å²) in [5, 5.41) is 21.2. The van der Waals surface area contributed by atoms with Crippen molar-refractivity contribution in [2.45, 2.75) is 278 Å². The quantitative estimate of drug-likeness (QED) is 0.0134. The number of unbranched alkanes of at least 4 members (excludes halogenated alkanes) is 28. The number of nitro groups is 1. The van der Waals surface area contributed by atoms with E-state index in [4.69, 9.17) is 18.5 Å². The van der Waals surface area contributed by atoms with Crippen molar-refractivity contribution in [3.05, 3.63) is 34.4 Å². The number of amides is 4. The minimum Gasteiger partial charge on any atom is -0.462 e. The lowest BCUT2D eigenvalue weighted by Gasteiger charge is -2.24. The van der Waals surface area contributed by atoms with Gasteiger partial charge in [0.1, 0.15) is 18.7 Å². The highest BCUT2D eigenvalue weighted by molar-refractivity contribution is 7.47. The monoisotopic (exact) mass is 1150 g/mol. The molecule has 0 aliphatic carbocycles. The number of ether oxygens (including phenoxy) is 2. The number of benzene rings is 1. The van der Waals surface area contributed by atoms with E-state index in [0.717, 1.165) is 38.5 Å². The Balaban J connectivity index is 2.51. The molecule has 0 aliphatic rings. The normalized spacial score (nSPS) is 13.2. The number of hydrogen-bond donors (Lipinski definition) is 5. The second-order valence-corrected chi connectivity index (χ2v) is 23.3. The predicted octanol–water partition coefficient (Wildman–Crippen LogP) is 13.6. The van der Waals surface area contributed by atoms with E-state index in [1.165, 1.54) is 172 Å². The molecule has 1 rings (SSSR count). The number of rotatable bonds is 53. The van der Waals surface area contributed by atoms with Crippen LogP contribution in [0.15, 0.2) is 24.3 Å². The van der Waals surface area contributed by atoms with Crippen LogP contribution < -0.4 is 21.3 Å². The molecule has 4 atom stereocenters. The first-order chi connectivity index (χ1) is 38.5. The Morgan fingerprint density at radius 1 is 0.550 bits per heavy atom. The first-order valence-electron chi connectivity index (χ1n) is 30.9. The molecule has 0 heterocycles. The van der Waals surface area contributed by atoms with Gasteiger partial charge in [-0.25, -0.2) is 4.57 Å². The summed E-state index contributed by atoms with van der Waals surface area (Å²) in [4.78, 5) is 97.5. The minimum absolute atomic E-state index is 0.0797. The Hall–Kier alpha value is -4.45. The van der Waals surface area contributed by atoms with E-state index in [-0.39, 0.29) is 56.9 Å². The van der Waals surface area contributed by atoms with Gasteiger partial charge in [0.15, 0.2) is 6.10 Å². The van der Waals surface area contributed by atoms with Crippen molar-refractivity contribution in [1.29, 1.82) is 0 Å². The summed E-state index contributed by atoms with van der Waals surface area (Å²) in [5.74, 6) is -3.48. The molecule has 4 amide bonds. The zero-order chi connectivity index (χ0) is 59.1. The highest BCUT2D eigenvalue weighted by Crippen LogP contribution is 2.43. The molecule has 0 saturated heterocycles. The number of non-ortho nitro benzene ring substituents is 1. The van der Waals surface area contributed by atoms with Gasteiger partial charge in [-0.05, 0) is 44.2 Å². The number of phosphoric acid groups is 1. The molecule has 20 heteroatoms. The summed E-state index contributed by atoms with van der Waals surface area (Å²) < 4.78 is 34.1. The second-order valence-electron chi connectivity index (χ2n) is 21.8. The van der Waals surface area contributed by atoms with E-state index in [9.17, 15) is 48.3 Å². The maximum atomic E-state index is 13.1. The summed E-state index contributed by atoms with van der Waals surface area (Å²) in [7, 11) is -4.71. The van der Waals surface area contributed by atoms with Crippen LogP contribution in [0.4, 0.5) is 11.4 Å². The van der Waals surface area contributed by atoms with Crippen molar-refractivity contribution in [2.75, 3.05) is 31.7 Å². The highest BCUT2D eigenvalue weighted by atomic mass is 31.2. The smallest absolute Gasteiger partial charge is 0.462 e. The van der Waals surface area contributed by atoms with Crippen LogP contribution in [0, 0.1) is 16.0 Å². The van der Waals surface area contributed by atoms with E-state index in [1.54, 1.807) is 13.8 Å². The molecule has 5 N–H and O–H groups in total. The standard InChI is InChI=1S/C60H106N5O14P/c1-6-8-10-12-14-16-18-20-22-24-26-28-30-32-34-39-56(68)76-47-53(79-57(69)40-35-33-31-29-27-25-23-21-19-17-15-13-11-9-7-2)48-78-80(74,75)77-46-45-61-54(66)37-36-38-55(67)64-58(49(3)4)60(71)62-50(5)59(70)63-51-41-43-52(44-42-51)65(72)73/h41-44,49-50,53,58H,6-40,45-48H2,1-5H3,(H,61,66)(H,62,71)(H,63,70)(H,64,67)(H,74,75)/t50-,53+,58-/m0/s1. The number of nitrogens with zero attached hydrogens (tertiary/aromatic N) is 1. The molecule has 0 fully saturated rings. The first kappa shape index (κ1) is 73.6. The molecular formula is C60H106N5O14P. The number of phosphoric ester groups is 1. The fourth-order valence-corrected chi connectivity index (χ4v) is 9.78. The van der Waals surface area contributed by atoms with Gasteiger partial charge in [0.25, 0.3) is 5.69 Å². The van der Waals surface area contributed by atoms with Gasteiger partial charge in [-0.3, -0.25) is 47.9 Å². The SMILES string of the molecule is CCCCCCCCCCCCCCCCCC(=O)OC[C@H](COP(=O)(O)OCCNC(=O)CCCC(=O)N[C@H](C(=O)N[C@@H](C)C(=O)Nc1ccc([N+](=O)[O-])cc1)C(C)C)OC(=O)CCCCCCCCCCCCCCCCC. The summed E-state index contributed by atoms with van der Waals surface area (Å²) in [6.45, 7) is 7.87. The summed E-state index contributed by atoms with van der Waals surface area (Å²) in [5.41, 5.74) is 0.153. The van der Waals surface area contributed by atoms with Gasteiger partial charge >= 0.3 is 19.8 Å². The molecule has 1 unspecified atom stereocenters. The Morgan fingerprint density at radius 3 is 1.44 bits per heavy atom. The third-order valence-corrected chi connectivity index (χ3v) is 15.0. The van der Waals surface area contributed by atoms with Crippen molar-refractivity contribution >= 4 is 54.8 Å². The van der Waals surface area contributed by atoms with Crippen LogP contribution >= 0.6 is 7.82 Å². The molecule has 0 saturated carbocycles. The van der Waals surface area contributed by atoms with Crippen molar-refractivity contribution < 1.29 is 61.7 Å². The highest BCUT2D eigenvalue weighted by Gasteiger charge is 2.28. The fourth-order valence-electron chi connectivity index (χ4n) is 9.03. The Kier molecular flexibility index (Phi) is 44.2. The van der Waals surface area contributed by atoms with Crippen LogP contribution in [0.5, 0.6) is 0 Å². The average molecular weight is 1150 g/mol. The molecule has 19 nitrogen and oxygen atoms in total. The first-order valence-corrected chi connectivity index (χ1v) is 32.4. The van der Waals surface area contributed by atoms with E-state index >= 15 is 0 Å². The van der Waals surface area contributed by atoms with Crippen LogP contribution in [-0.2, 0) is 51.9 Å². The molecule has 0 bridgehead atoms. The van der Waals surface area contributed by atoms with Crippen LogP contribution in [0.25, 0.3) is 0 Å². The molecular weight excluding hydrogens is 1050 g/mol. The maximum Gasteiger partial charge on any atom is 0.472 e. The molecule has 0 radical (unpaired) electrons. The number of carbonyl (C=O) groups excluding carboxylic acids is 6. The van der Waals surface area contributed by atoms with Crippen LogP contribution in [0.3, 0.4) is 0 Å². The topological polar surface area (TPSA) is 268 Å². The lowest BCUT2D eigenvalue weighted by atomic mass is 10.0. The lowest BCUT2D eigenvalue weighted by molar-refractivity contribution is -0.384. The van der Waals surface area contributed by atoms with Crippen molar-refractivity contribution in [2.24, 2.45) is 5.92 Å². The van der Waals surface area contributed by atoms with E-state index in [2.05, 4.69) is 35.1 Å². The third kappa shape index (κ3) is 41.5. The third-order valence-electron chi connectivity index (χ3n) is 14.0. The van der Waals surface area contributed by atoms with Gasteiger partial charge in [-0.1, -0.05) is 207 Å². The van der Waals surface area contributed by atoms with Gasteiger partial charge in [-0.2, -0.15) is 0 Å².